The van der Waals surface area contributed by atoms with Gasteiger partial charge in [0, 0.05) is 30.1 Å². The zero-order chi connectivity index (χ0) is 18.2. The van der Waals surface area contributed by atoms with Crippen molar-refractivity contribution in [2.75, 3.05) is 11.4 Å². The summed E-state index contributed by atoms with van der Waals surface area (Å²) in [4.78, 5) is 15.0. The van der Waals surface area contributed by atoms with Gasteiger partial charge in [-0.05, 0) is 67.5 Å². The average molecular weight is 379 g/mol. The lowest BCUT2D eigenvalue weighted by molar-refractivity contribution is -0.116. The van der Waals surface area contributed by atoms with E-state index in [9.17, 15) is 13.2 Å². The SMILES string of the molecule is CC(=O)N1c2ccc(S(=O)(=O)NCCc3sccc3C)cc2C[C@H]1C. The Morgan fingerprint density at radius 2 is 2.12 bits per heavy atom. The summed E-state index contributed by atoms with van der Waals surface area (Å²) in [5.41, 5.74) is 2.91. The van der Waals surface area contributed by atoms with Crippen LogP contribution in [0.1, 0.15) is 29.9 Å². The van der Waals surface area contributed by atoms with E-state index in [1.54, 1.807) is 34.4 Å². The number of rotatable bonds is 5. The number of sulfonamides is 1. The molecule has 1 atom stereocenters. The standard InChI is InChI=1S/C18H22N2O3S2/c1-12-7-9-24-18(12)6-8-19-25(22,23)16-4-5-17-15(11-16)10-13(2)20(17)14(3)21/h4-5,7,9,11,13,19H,6,8,10H2,1-3H3/t13-/m1/s1. The molecule has 1 N–H and O–H groups in total. The van der Waals surface area contributed by atoms with Crippen LogP contribution in [-0.2, 0) is 27.7 Å². The van der Waals surface area contributed by atoms with Crippen LogP contribution >= 0.6 is 11.3 Å². The third kappa shape index (κ3) is 3.63. The number of hydrogen-bond acceptors (Lipinski definition) is 4. The number of nitrogens with zero attached hydrogens (tertiary/aromatic N) is 1. The molecule has 0 saturated carbocycles. The van der Waals surface area contributed by atoms with Crippen LogP contribution < -0.4 is 9.62 Å². The molecule has 25 heavy (non-hydrogen) atoms. The van der Waals surface area contributed by atoms with Gasteiger partial charge in [0.15, 0.2) is 0 Å². The lowest BCUT2D eigenvalue weighted by Gasteiger charge is -2.20. The number of aryl methyl sites for hydroxylation is 1. The highest BCUT2D eigenvalue weighted by molar-refractivity contribution is 7.89. The van der Waals surface area contributed by atoms with Gasteiger partial charge in [0.2, 0.25) is 15.9 Å². The molecule has 1 amide bonds. The molecule has 2 heterocycles. The number of hydrogen-bond donors (Lipinski definition) is 1. The third-order valence-electron chi connectivity index (χ3n) is 4.53. The third-order valence-corrected chi connectivity index (χ3v) is 7.07. The molecule has 0 radical (unpaired) electrons. The van der Waals surface area contributed by atoms with E-state index in [0.717, 1.165) is 11.3 Å². The summed E-state index contributed by atoms with van der Waals surface area (Å²) in [6.45, 7) is 5.90. The van der Waals surface area contributed by atoms with Crippen molar-refractivity contribution in [2.45, 2.75) is 44.6 Å². The van der Waals surface area contributed by atoms with E-state index >= 15 is 0 Å². The molecule has 0 saturated heterocycles. The van der Waals surface area contributed by atoms with Crippen molar-refractivity contribution < 1.29 is 13.2 Å². The normalized spacial score (nSPS) is 16.9. The van der Waals surface area contributed by atoms with Gasteiger partial charge in [-0.1, -0.05) is 0 Å². The summed E-state index contributed by atoms with van der Waals surface area (Å²) < 4.78 is 27.8. The maximum absolute atomic E-state index is 12.6. The van der Waals surface area contributed by atoms with Gasteiger partial charge in [0.05, 0.1) is 4.90 Å². The van der Waals surface area contributed by atoms with Gasteiger partial charge < -0.3 is 4.90 Å². The second-order valence-corrected chi connectivity index (χ2v) is 9.17. The Labute approximate surface area is 152 Å². The number of fused-ring (bicyclic) bond motifs is 1. The Bertz CT molecular complexity index is 903. The lowest BCUT2D eigenvalue weighted by atomic mass is 10.1. The van der Waals surface area contributed by atoms with Crippen LogP contribution in [0.3, 0.4) is 0 Å². The zero-order valence-electron chi connectivity index (χ0n) is 14.6. The fraction of sp³-hybridized carbons (Fsp3) is 0.389. The van der Waals surface area contributed by atoms with E-state index in [-0.39, 0.29) is 16.8 Å². The van der Waals surface area contributed by atoms with Gasteiger partial charge in [-0.25, -0.2) is 13.1 Å². The first kappa shape index (κ1) is 18.1. The van der Waals surface area contributed by atoms with Crippen molar-refractivity contribution >= 4 is 33.0 Å². The molecular formula is C18H22N2O3S2. The molecule has 1 aromatic heterocycles. The monoisotopic (exact) mass is 378 g/mol. The molecule has 134 valence electrons. The molecular weight excluding hydrogens is 356 g/mol. The molecule has 1 aliphatic heterocycles. The number of thiophene rings is 1. The predicted octanol–water partition coefficient (Wildman–Crippen LogP) is 2.88. The quantitative estimate of drug-likeness (QED) is 0.870. The van der Waals surface area contributed by atoms with E-state index in [2.05, 4.69) is 4.72 Å². The fourth-order valence-corrected chi connectivity index (χ4v) is 5.29. The number of carbonyl (C=O) groups excluding carboxylic acids is 1. The molecule has 0 fully saturated rings. The average Bonchev–Trinajstić information content (AvgIpc) is 3.08. The van der Waals surface area contributed by atoms with Crippen molar-refractivity contribution in [2.24, 2.45) is 0 Å². The first-order valence-corrected chi connectivity index (χ1v) is 10.6. The van der Waals surface area contributed by atoms with E-state index < -0.39 is 10.0 Å². The van der Waals surface area contributed by atoms with Gasteiger partial charge >= 0.3 is 0 Å². The maximum atomic E-state index is 12.6. The van der Waals surface area contributed by atoms with Crippen LogP contribution in [0.25, 0.3) is 0 Å². The molecule has 3 rings (SSSR count). The molecule has 7 heteroatoms. The first-order valence-electron chi connectivity index (χ1n) is 8.25. The maximum Gasteiger partial charge on any atom is 0.240 e. The summed E-state index contributed by atoms with van der Waals surface area (Å²) >= 11 is 1.64. The fourth-order valence-electron chi connectivity index (χ4n) is 3.30. The Kier molecular flexibility index (Phi) is 4.99. The van der Waals surface area contributed by atoms with Gasteiger partial charge in [-0.3, -0.25) is 4.79 Å². The van der Waals surface area contributed by atoms with Crippen LogP contribution in [-0.4, -0.2) is 26.9 Å². The minimum Gasteiger partial charge on any atom is -0.309 e. The molecule has 5 nitrogen and oxygen atoms in total. The Morgan fingerprint density at radius 1 is 1.36 bits per heavy atom. The number of benzene rings is 1. The molecule has 2 aromatic rings. The Hall–Kier alpha value is -1.70. The summed E-state index contributed by atoms with van der Waals surface area (Å²) in [7, 11) is -3.55. The van der Waals surface area contributed by atoms with Crippen LogP contribution in [0.4, 0.5) is 5.69 Å². The number of carbonyl (C=O) groups is 1. The van der Waals surface area contributed by atoms with Crippen LogP contribution in [0.2, 0.25) is 0 Å². The minimum absolute atomic E-state index is 0.0219. The second kappa shape index (κ2) is 6.90. The van der Waals surface area contributed by atoms with Crippen LogP contribution in [0.5, 0.6) is 0 Å². The summed E-state index contributed by atoms with van der Waals surface area (Å²) in [5.74, 6) is -0.0219. The number of anilines is 1. The second-order valence-electron chi connectivity index (χ2n) is 6.41. The summed E-state index contributed by atoms with van der Waals surface area (Å²) in [6.07, 6.45) is 1.36. The highest BCUT2D eigenvalue weighted by Gasteiger charge is 2.30. The molecule has 1 aliphatic rings. The van der Waals surface area contributed by atoms with Crippen molar-refractivity contribution in [1.82, 2.24) is 4.72 Å². The molecule has 0 bridgehead atoms. The van der Waals surface area contributed by atoms with Gasteiger partial charge in [0.25, 0.3) is 0 Å². The number of amides is 1. The molecule has 0 unspecified atom stereocenters. The van der Waals surface area contributed by atoms with Crippen LogP contribution in [0, 0.1) is 6.92 Å². The van der Waals surface area contributed by atoms with E-state index in [1.807, 2.05) is 25.3 Å². The Morgan fingerprint density at radius 3 is 2.76 bits per heavy atom. The van der Waals surface area contributed by atoms with E-state index in [0.29, 0.717) is 19.4 Å². The molecule has 0 aliphatic carbocycles. The first-order chi connectivity index (χ1) is 11.8. The zero-order valence-corrected chi connectivity index (χ0v) is 16.2. The van der Waals surface area contributed by atoms with Gasteiger partial charge in [0.1, 0.15) is 0 Å². The minimum atomic E-state index is -3.55. The highest BCUT2D eigenvalue weighted by Crippen LogP contribution is 2.33. The topological polar surface area (TPSA) is 66.5 Å². The highest BCUT2D eigenvalue weighted by atomic mass is 32.2. The summed E-state index contributed by atoms with van der Waals surface area (Å²) in [5, 5.41) is 2.02. The smallest absolute Gasteiger partial charge is 0.240 e. The van der Waals surface area contributed by atoms with Crippen molar-refractivity contribution in [3.05, 3.63) is 45.6 Å². The number of nitrogens with one attached hydrogen (secondary N) is 1. The molecule has 0 spiro atoms. The largest absolute Gasteiger partial charge is 0.309 e. The Balaban J connectivity index is 1.74. The van der Waals surface area contributed by atoms with Gasteiger partial charge in [-0.2, -0.15) is 0 Å². The van der Waals surface area contributed by atoms with Crippen molar-refractivity contribution in [3.8, 4) is 0 Å². The van der Waals surface area contributed by atoms with Gasteiger partial charge in [-0.15, -0.1) is 11.3 Å². The van der Waals surface area contributed by atoms with E-state index in [4.69, 9.17) is 0 Å². The summed E-state index contributed by atoms with van der Waals surface area (Å²) in [6, 6.07) is 7.09. The lowest BCUT2D eigenvalue weighted by Crippen LogP contribution is -2.33. The predicted molar refractivity (Wildman–Crippen MR) is 101 cm³/mol. The molecule has 1 aromatic carbocycles. The van der Waals surface area contributed by atoms with Crippen molar-refractivity contribution in [3.63, 3.8) is 0 Å². The van der Waals surface area contributed by atoms with Crippen molar-refractivity contribution in [1.29, 1.82) is 0 Å². The van der Waals surface area contributed by atoms with Crippen LogP contribution in [0.15, 0.2) is 34.5 Å². The van der Waals surface area contributed by atoms with E-state index in [1.165, 1.54) is 17.4 Å².